The Morgan fingerprint density at radius 3 is 2.39 bits per heavy atom. The quantitative estimate of drug-likeness (QED) is 0.826. The minimum absolute atomic E-state index is 0. The molecule has 0 bridgehead atoms. The maximum atomic E-state index is 13.2. The number of likely N-dealkylation sites (tertiary alicyclic amines) is 1. The molecule has 1 heterocycles. The molecule has 2 rings (SSSR count). The lowest BCUT2D eigenvalue weighted by Gasteiger charge is -2.55. The summed E-state index contributed by atoms with van der Waals surface area (Å²) in [6, 6.07) is -0.292. The van der Waals surface area contributed by atoms with E-state index < -0.39 is 18.1 Å². The van der Waals surface area contributed by atoms with E-state index in [9.17, 15) is 13.2 Å². The van der Waals surface area contributed by atoms with Gasteiger partial charge in [-0.25, -0.2) is 0 Å². The minimum Gasteiger partial charge on any atom is -0.311 e. The summed E-state index contributed by atoms with van der Waals surface area (Å²) in [4.78, 5) is 2.11. The summed E-state index contributed by atoms with van der Waals surface area (Å²) in [5.74, 6) is -1.18. The van der Waals surface area contributed by atoms with Gasteiger partial charge >= 0.3 is 6.18 Å². The van der Waals surface area contributed by atoms with Crippen LogP contribution in [0.15, 0.2) is 0 Å². The van der Waals surface area contributed by atoms with E-state index in [1.54, 1.807) is 0 Å². The van der Waals surface area contributed by atoms with Gasteiger partial charge in [0.2, 0.25) is 0 Å². The lowest BCUT2D eigenvalue weighted by Crippen LogP contribution is -2.61. The van der Waals surface area contributed by atoms with Crippen LogP contribution in [0, 0.1) is 11.3 Å². The molecule has 0 aromatic carbocycles. The zero-order chi connectivity index (χ0) is 13.6. The molecule has 1 aliphatic carbocycles. The SMILES string of the molecule is CC(C)N[C@H]1CCC2(C[C@@H]1C(F)(F)F)CN(C)C2.[HH]. The lowest BCUT2D eigenvalue weighted by atomic mass is 9.63. The fourth-order valence-corrected chi connectivity index (χ4v) is 3.73. The third kappa shape index (κ3) is 2.82. The molecule has 0 radical (unpaired) electrons. The first-order valence-electron chi connectivity index (χ1n) is 6.73. The first kappa shape index (κ1) is 14.1. The molecule has 2 fully saturated rings. The van der Waals surface area contributed by atoms with Crippen LogP contribution in [-0.2, 0) is 0 Å². The second-order valence-electron chi connectivity index (χ2n) is 6.49. The summed E-state index contributed by atoms with van der Waals surface area (Å²) >= 11 is 0. The van der Waals surface area contributed by atoms with Gasteiger partial charge < -0.3 is 10.2 Å². The zero-order valence-corrected chi connectivity index (χ0v) is 11.3. The molecule has 0 aromatic rings. The largest absolute Gasteiger partial charge is 0.393 e. The van der Waals surface area contributed by atoms with Gasteiger partial charge in [-0.3, -0.25) is 0 Å². The van der Waals surface area contributed by atoms with Crippen LogP contribution < -0.4 is 5.32 Å². The smallest absolute Gasteiger partial charge is 0.311 e. The van der Waals surface area contributed by atoms with Crippen LogP contribution in [0.5, 0.6) is 0 Å². The molecule has 18 heavy (non-hydrogen) atoms. The summed E-state index contributed by atoms with van der Waals surface area (Å²) in [5.41, 5.74) is -0.0654. The van der Waals surface area contributed by atoms with Gasteiger partial charge in [0.25, 0.3) is 0 Å². The first-order valence-corrected chi connectivity index (χ1v) is 6.73. The molecule has 1 aliphatic heterocycles. The van der Waals surface area contributed by atoms with E-state index in [4.69, 9.17) is 0 Å². The van der Waals surface area contributed by atoms with Crippen LogP contribution in [0.3, 0.4) is 0 Å². The van der Waals surface area contributed by atoms with Gasteiger partial charge in [-0.1, -0.05) is 13.8 Å². The first-order chi connectivity index (χ1) is 8.22. The summed E-state index contributed by atoms with van der Waals surface area (Å²) in [6.07, 6.45) is -2.20. The number of halogens is 3. The van der Waals surface area contributed by atoms with Crippen LogP contribution in [0.25, 0.3) is 0 Å². The van der Waals surface area contributed by atoms with E-state index in [0.29, 0.717) is 12.8 Å². The Kier molecular flexibility index (Phi) is 3.67. The maximum absolute atomic E-state index is 13.2. The van der Waals surface area contributed by atoms with Crippen molar-refractivity contribution in [3.05, 3.63) is 0 Å². The van der Waals surface area contributed by atoms with Gasteiger partial charge in [0, 0.05) is 26.6 Å². The summed E-state index contributed by atoms with van der Waals surface area (Å²) < 4.78 is 39.6. The second kappa shape index (κ2) is 4.67. The van der Waals surface area contributed by atoms with Crippen molar-refractivity contribution in [2.45, 2.75) is 51.4 Å². The molecule has 2 atom stereocenters. The molecular formula is C13H25F3N2. The third-order valence-corrected chi connectivity index (χ3v) is 4.30. The van der Waals surface area contributed by atoms with Gasteiger partial charge in [-0.15, -0.1) is 0 Å². The zero-order valence-electron chi connectivity index (χ0n) is 11.3. The normalized spacial score (nSPS) is 32.8. The van der Waals surface area contributed by atoms with Crippen molar-refractivity contribution in [3.63, 3.8) is 0 Å². The van der Waals surface area contributed by atoms with Crippen LogP contribution in [0.2, 0.25) is 0 Å². The molecule has 5 heteroatoms. The van der Waals surface area contributed by atoms with Crippen molar-refractivity contribution in [1.29, 1.82) is 0 Å². The minimum atomic E-state index is -4.08. The Balaban J connectivity index is 0.00000180. The van der Waals surface area contributed by atoms with Crippen molar-refractivity contribution in [2.75, 3.05) is 20.1 Å². The number of hydrogen-bond donors (Lipinski definition) is 1. The Bertz CT molecular complexity index is 301. The van der Waals surface area contributed by atoms with Crippen LogP contribution in [-0.4, -0.2) is 43.3 Å². The number of nitrogens with one attached hydrogen (secondary N) is 1. The maximum Gasteiger partial charge on any atom is 0.393 e. The van der Waals surface area contributed by atoms with Gasteiger partial charge in [-0.2, -0.15) is 13.2 Å². The number of alkyl halides is 3. The molecule has 0 unspecified atom stereocenters. The second-order valence-corrected chi connectivity index (χ2v) is 6.49. The van der Waals surface area contributed by atoms with Gasteiger partial charge in [-0.05, 0) is 31.7 Å². The van der Waals surface area contributed by atoms with E-state index in [2.05, 4.69) is 10.2 Å². The number of rotatable bonds is 2. The van der Waals surface area contributed by atoms with E-state index in [1.165, 1.54) is 0 Å². The standard InChI is InChI=1S/C13H23F3N2.H2/c1-9(2)17-11-4-5-12(7-18(3)8-12)6-10(11)13(14,15)16;/h9-11,17H,4-8H2,1-3H3;1H/t10-,11-;/m0./s1. The van der Waals surface area contributed by atoms with Crippen molar-refractivity contribution in [1.82, 2.24) is 10.2 Å². The Morgan fingerprint density at radius 2 is 1.94 bits per heavy atom. The van der Waals surface area contributed by atoms with Gasteiger partial charge in [0.15, 0.2) is 0 Å². The van der Waals surface area contributed by atoms with Crippen molar-refractivity contribution >= 4 is 0 Å². The highest BCUT2D eigenvalue weighted by Crippen LogP contribution is 2.50. The van der Waals surface area contributed by atoms with E-state index in [1.807, 2.05) is 20.9 Å². The highest BCUT2D eigenvalue weighted by Gasteiger charge is 2.55. The van der Waals surface area contributed by atoms with Crippen molar-refractivity contribution in [3.8, 4) is 0 Å². The number of nitrogens with zero attached hydrogens (tertiary/aromatic N) is 1. The predicted molar refractivity (Wildman–Crippen MR) is 67.5 cm³/mol. The average molecular weight is 266 g/mol. The molecule has 2 aliphatic rings. The van der Waals surface area contributed by atoms with Gasteiger partial charge in [0.1, 0.15) is 0 Å². The monoisotopic (exact) mass is 266 g/mol. The summed E-state index contributed by atoms with van der Waals surface area (Å²) in [7, 11) is 1.98. The van der Waals surface area contributed by atoms with Crippen LogP contribution in [0.4, 0.5) is 13.2 Å². The lowest BCUT2D eigenvalue weighted by molar-refractivity contribution is -0.209. The Morgan fingerprint density at radius 1 is 1.33 bits per heavy atom. The molecule has 1 saturated carbocycles. The summed E-state index contributed by atoms with van der Waals surface area (Å²) in [6.45, 7) is 5.48. The van der Waals surface area contributed by atoms with E-state index in [-0.39, 0.29) is 12.9 Å². The van der Waals surface area contributed by atoms with Gasteiger partial charge in [0.05, 0.1) is 5.92 Å². The molecule has 2 nitrogen and oxygen atoms in total. The predicted octanol–water partition coefficient (Wildman–Crippen LogP) is 2.89. The topological polar surface area (TPSA) is 15.3 Å². The van der Waals surface area contributed by atoms with Crippen LogP contribution in [0.1, 0.15) is 34.5 Å². The molecule has 0 aromatic heterocycles. The molecule has 108 valence electrons. The Labute approximate surface area is 108 Å². The van der Waals surface area contributed by atoms with E-state index in [0.717, 1.165) is 19.5 Å². The van der Waals surface area contributed by atoms with Crippen molar-refractivity contribution < 1.29 is 14.6 Å². The fourth-order valence-electron chi connectivity index (χ4n) is 3.73. The van der Waals surface area contributed by atoms with Crippen molar-refractivity contribution in [2.24, 2.45) is 11.3 Å². The average Bonchev–Trinajstić information content (AvgIpc) is 2.16. The van der Waals surface area contributed by atoms with Crippen LogP contribution >= 0.6 is 0 Å². The molecule has 1 saturated heterocycles. The molecular weight excluding hydrogens is 241 g/mol. The fraction of sp³-hybridized carbons (Fsp3) is 1.00. The molecule has 1 N–H and O–H groups in total. The van der Waals surface area contributed by atoms with E-state index >= 15 is 0 Å². The third-order valence-electron chi connectivity index (χ3n) is 4.30. The molecule has 1 spiro atoms. The summed E-state index contributed by atoms with van der Waals surface area (Å²) in [5, 5.41) is 3.10. The highest BCUT2D eigenvalue weighted by atomic mass is 19.4. The number of hydrogen-bond acceptors (Lipinski definition) is 2. The highest BCUT2D eigenvalue weighted by molar-refractivity contribution is 5.02. The molecule has 0 amide bonds. The Hall–Kier alpha value is -0.290.